The number of nitrogens with two attached hydrogens (primary N) is 1. The average molecular weight is 471 g/mol. The van der Waals surface area contributed by atoms with E-state index in [0.717, 1.165) is 10.0 Å². The molecule has 2 amide bonds. The van der Waals surface area contributed by atoms with Crippen molar-refractivity contribution in [2.24, 2.45) is 5.73 Å². The van der Waals surface area contributed by atoms with Crippen LogP contribution < -0.4 is 16.4 Å². The van der Waals surface area contributed by atoms with Crippen LogP contribution in [0.15, 0.2) is 46.9 Å². The number of hydrogen-bond donors (Lipinski definition) is 3. The lowest BCUT2D eigenvalue weighted by atomic mass is 9.86. The number of carbonyl (C=O) groups is 2. The van der Waals surface area contributed by atoms with Crippen molar-refractivity contribution in [2.45, 2.75) is 26.2 Å². The Morgan fingerprint density at radius 2 is 1.59 bits per heavy atom. The molecule has 2 aromatic rings. The van der Waals surface area contributed by atoms with Gasteiger partial charge in [-0.2, -0.15) is 0 Å². The zero-order valence-corrected chi connectivity index (χ0v) is 18.3. The van der Waals surface area contributed by atoms with Gasteiger partial charge in [-0.25, -0.2) is 0 Å². The zero-order chi connectivity index (χ0) is 19.5. The van der Waals surface area contributed by atoms with E-state index in [4.69, 9.17) is 18.0 Å². The maximum atomic E-state index is 12.4. The van der Waals surface area contributed by atoms with Crippen molar-refractivity contribution >= 4 is 63.2 Å². The number of carbonyl (C=O) groups excluding carboxylic acids is 2. The first-order chi connectivity index (χ1) is 12.1. The molecule has 0 heterocycles. The molecule has 0 radical (unpaired) electrons. The molecule has 144 valence electrons. The summed E-state index contributed by atoms with van der Waals surface area (Å²) in [6.07, 6.45) is 0. The van der Waals surface area contributed by atoms with Gasteiger partial charge in [0.15, 0.2) is 5.11 Å². The van der Waals surface area contributed by atoms with E-state index < -0.39 is 5.91 Å². The third-order valence-corrected chi connectivity index (χ3v) is 4.55. The average Bonchev–Trinajstić information content (AvgIpc) is 2.53. The molecular formula is C19H21BrClN3O2S. The van der Waals surface area contributed by atoms with Gasteiger partial charge in [-0.05, 0) is 59.6 Å². The van der Waals surface area contributed by atoms with Crippen molar-refractivity contribution in [3.05, 3.63) is 63.6 Å². The van der Waals surface area contributed by atoms with Crippen LogP contribution in [0.25, 0.3) is 0 Å². The van der Waals surface area contributed by atoms with Crippen molar-refractivity contribution in [1.29, 1.82) is 0 Å². The van der Waals surface area contributed by atoms with Gasteiger partial charge in [-0.15, -0.1) is 12.4 Å². The summed E-state index contributed by atoms with van der Waals surface area (Å²) in [7, 11) is 0. The van der Waals surface area contributed by atoms with E-state index in [1.807, 2.05) is 6.07 Å². The lowest BCUT2D eigenvalue weighted by molar-refractivity contribution is 0.0975. The number of nitrogens with one attached hydrogen (secondary N) is 2. The van der Waals surface area contributed by atoms with Crippen LogP contribution in [0.3, 0.4) is 0 Å². The molecule has 0 saturated carbocycles. The van der Waals surface area contributed by atoms with Gasteiger partial charge in [0, 0.05) is 21.3 Å². The second kappa shape index (κ2) is 9.30. The second-order valence-corrected chi connectivity index (χ2v) is 8.06. The number of primary amides is 1. The first-order valence-corrected chi connectivity index (χ1v) is 9.10. The largest absolute Gasteiger partial charge is 0.366 e. The fraction of sp³-hybridized carbons (Fsp3) is 0.211. The number of hydrogen-bond acceptors (Lipinski definition) is 3. The van der Waals surface area contributed by atoms with Crippen LogP contribution in [0.5, 0.6) is 0 Å². The van der Waals surface area contributed by atoms with E-state index in [1.54, 1.807) is 36.4 Å². The van der Waals surface area contributed by atoms with E-state index in [0.29, 0.717) is 16.8 Å². The van der Waals surface area contributed by atoms with E-state index in [2.05, 4.69) is 47.3 Å². The predicted octanol–water partition coefficient (Wildman–Crippen LogP) is 4.39. The molecule has 27 heavy (non-hydrogen) atoms. The van der Waals surface area contributed by atoms with Crippen LogP contribution >= 0.6 is 40.6 Å². The minimum atomic E-state index is -0.503. The lowest BCUT2D eigenvalue weighted by Crippen LogP contribution is -2.34. The van der Waals surface area contributed by atoms with E-state index in [9.17, 15) is 9.59 Å². The highest BCUT2D eigenvalue weighted by atomic mass is 79.9. The van der Waals surface area contributed by atoms with Crippen molar-refractivity contribution in [1.82, 2.24) is 5.32 Å². The fourth-order valence-electron chi connectivity index (χ4n) is 2.32. The molecule has 0 aliphatic rings. The Bertz CT molecular complexity index is 864. The monoisotopic (exact) mass is 469 g/mol. The molecule has 0 bridgehead atoms. The number of halogens is 2. The Morgan fingerprint density at radius 1 is 1.04 bits per heavy atom. The molecule has 5 nitrogen and oxygen atoms in total. The lowest BCUT2D eigenvalue weighted by Gasteiger charge is -2.21. The number of anilines is 1. The first kappa shape index (κ1) is 23.1. The molecule has 0 atom stereocenters. The molecule has 4 N–H and O–H groups in total. The molecule has 0 unspecified atom stereocenters. The van der Waals surface area contributed by atoms with Gasteiger partial charge in [0.1, 0.15) is 0 Å². The summed E-state index contributed by atoms with van der Waals surface area (Å²) in [5.41, 5.74) is 7.83. The van der Waals surface area contributed by atoms with E-state index >= 15 is 0 Å². The highest BCUT2D eigenvalue weighted by Crippen LogP contribution is 2.30. The molecule has 0 aliphatic carbocycles. The number of benzene rings is 2. The topological polar surface area (TPSA) is 84.2 Å². The van der Waals surface area contributed by atoms with Crippen molar-refractivity contribution < 1.29 is 9.59 Å². The molecule has 0 saturated heterocycles. The van der Waals surface area contributed by atoms with Gasteiger partial charge in [0.05, 0.1) is 0 Å². The van der Waals surface area contributed by atoms with Gasteiger partial charge < -0.3 is 11.1 Å². The summed E-state index contributed by atoms with van der Waals surface area (Å²) in [4.78, 5) is 23.4. The van der Waals surface area contributed by atoms with Crippen LogP contribution in [0.2, 0.25) is 0 Å². The highest BCUT2D eigenvalue weighted by molar-refractivity contribution is 9.10. The summed E-state index contributed by atoms with van der Waals surface area (Å²) in [5, 5.41) is 5.70. The Kier molecular flexibility index (Phi) is 7.95. The maximum Gasteiger partial charge on any atom is 0.257 e. The quantitative estimate of drug-likeness (QED) is 0.581. The van der Waals surface area contributed by atoms with E-state index in [1.165, 1.54) is 0 Å². The van der Waals surface area contributed by atoms with Gasteiger partial charge in [0.2, 0.25) is 5.91 Å². The van der Waals surface area contributed by atoms with Crippen molar-refractivity contribution in [3.63, 3.8) is 0 Å². The molecule has 0 aliphatic heterocycles. The summed E-state index contributed by atoms with van der Waals surface area (Å²) in [6, 6.07) is 12.0. The summed E-state index contributed by atoms with van der Waals surface area (Å²) >= 11 is 8.69. The molecule has 0 fully saturated rings. The molecule has 8 heteroatoms. The number of amides is 2. The third-order valence-electron chi connectivity index (χ3n) is 3.69. The Hall–Kier alpha value is -1.96. The molecule has 0 aromatic heterocycles. The van der Waals surface area contributed by atoms with Crippen LogP contribution in [0.1, 0.15) is 47.1 Å². The number of thiocarbonyl (C=S) groups is 1. The Balaban J connectivity index is 0.00000364. The highest BCUT2D eigenvalue weighted by Gasteiger charge is 2.18. The van der Waals surface area contributed by atoms with E-state index in [-0.39, 0.29) is 28.8 Å². The Morgan fingerprint density at radius 3 is 2.07 bits per heavy atom. The van der Waals surface area contributed by atoms with Gasteiger partial charge >= 0.3 is 0 Å². The normalized spacial score (nSPS) is 10.5. The second-order valence-electron chi connectivity index (χ2n) is 6.79. The zero-order valence-electron chi connectivity index (χ0n) is 15.1. The third kappa shape index (κ3) is 6.30. The Labute approximate surface area is 178 Å². The molecule has 2 aromatic carbocycles. The molecular weight excluding hydrogens is 450 g/mol. The fourth-order valence-corrected chi connectivity index (χ4v) is 3.50. The predicted molar refractivity (Wildman–Crippen MR) is 119 cm³/mol. The summed E-state index contributed by atoms with van der Waals surface area (Å²) in [5.74, 6) is -0.811. The summed E-state index contributed by atoms with van der Waals surface area (Å²) < 4.78 is 0.874. The van der Waals surface area contributed by atoms with Crippen molar-refractivity contribution in [3.8, 4) is 0 Å². The van der Waals surface area contributed by atoms with Crippen LogP contribution in [0, 0.1) is 0 Å². The minimum Gasteiger partial charge on any atom is -0.366 e. The standard InChI is InChI=1S/C19H20BrN3O2S.ClH/c1-19(2,3)14-9-6-12(10-15(14)20)17(25)23-18(26)22-13-7-4-11(5-8-13)16(21)24;/h4-10H,1-3H3,(H2,21,24)(H2,22,23,25,26);1H. The minimum absolute atomic E-state index is 0. The van der Waals surface area contributed by atoms with Crippen LogP contribution in [-0.2, 0) is 5.41 Å². The molecule has 2 rings (SSSR count). The van der Waals surface area contributed by atoms with Gasteiger partial charge in [0.25, 0.3) is 5.91 Å². The van der Waals surface area contributed by atoms with Crippen LogP contribution in [-0.4, -0.2) is 16.9 Å². The summed E-state index contributed by atoms with van der Waals surface area (Å²) in [6.45, 7) is 6.32. The number of rotatable bonds is 3. The van der Waals surface area contributed by atoms with Gasteiger partial charge in [-0.3, -0.25) is 14.9 Å². The molecule has 0 spiro atoms. The van der Waals surface area contributed by atoms with Crippen molar-refractivity contribution in [2.75, 3.05) is 5.32 Å². The maximum absolute atomic E-state index is 12.4. The SMILES string of the molecule is CC(C)(C)c1ccc(C(=O)NC(=S)Nc2ccc(C(N)=O)cc2)cc1Br.Cl. The van der Waals surface area contributed by atoms with Gasteiger partial charge in [-0.1, -0.05) is 42.8 Å². The first-order valence-electron chi connectivity index (χ1n) is 7.90. The van der Waals surface area contributed by atoms with Crippen LogP contribution in [0.4, 0.5) is 5.69 Å². The smallest absolute Gasteiger partial charge is 0.257 e.